The summed E-state index contributed by atoms with van der Waals surface area (Å²) < 4.78 is 22.3. The SMILES string of the molecule is CNC(=O)COc1cc2cc(Nc3nc(Cl)ncc3Cl)ccc2n(CCOc2ccc(C(=O)OC)c(C(=O)OC)c2)c1=O. The van der Waals surface area contributed by atoms with Crippen molar-refractivity contribution in [2.75, 3.05) is 39.8 Å². The van der Waals surface area contributed by atoms with Gasteiger partial charge in [0, 0.05) is 18.1 Å². The Morgan fingerprint density at radius 2 is 1.70 bits per heavy atom. The van der Waals surface area contributed by atoms with Gasteiger partial charge >= 0.3 is 11.9 Å². The fraction of sp³-hybridized carbons (Fsp3) is 0.214. The Balaban J connectivity index is 1.65. The lowest BCUT2D eigenvalue weighted by Crippen LogP contribution is -2.29. The third-order valence-electron chi connectivity index (χ3n) is 6.06. The number of anilines is 2. The maximum atomic E-state index is 13.4. The fourth-order valence-electron chi connectivity index (χ4n) is 3.98. The molecule has 4 aromatic rings. The molecule has 0 bridgehead atoms. The first kappa shape index (κ1) is 31.1. The lowest BCUT2D eigenvalue weighted by atomic mass is 10.1. The second-order valence-corrected chi connectivity index (χ2v) is 9.45. The Labute approximate surface area is 254 Å². The van der Waals surface area contributed by atoms with Crippen molar-refractivity contribution in [2.45, 2.75) is 6.54 Å². The molecule has 15 heteroatoms. The average Bonchev–Trinajstić information content (AvgIpc) is 3.01. The van der Waals surface area contributed by atoms with Crippen LogP contribution < -0.4 is 25.7 Å². The number of halogens is 2. The Morgan fingerprint density at radius 1 is 0.953 bits per heavy atom. The zero-order valence-electron chi connectivity index (χ0n) is 23.1. The van der Waals surface area contributed by atoms with Crippen molar-refractivity contribution in [1.82, 2.24) is 19.9 Å². The van der Waals surface area contributed by atoms with E-state index in [4.69, 9.17) is 42.1 Å². The van der Waals surface area contributed by atoms with Gasteiger partial charge < -0.3 is 34.1 Å². The van der Waals surface area contributed by atoms with E-state index in [1.165, 1.54) is 56.3 Å². The number of nitrogens with zero attached hydrogens (tertiary/aromatic N) is 3. The van der Waals surface area contributed by atoms with Gasteiger partial charge in [0.05, 0.1) is 43.6 Å². The smallest absolute Gasteiger partial charge is 0.338 e. The first-order valence-corrected chi connectivity index (χ1v) is 13.3. The summed E-state index contributed by atoms with van der Waals surface area (Å²) in [5, 5.41) is 6.34. The number of esters is 2. The van der Waals surface area contributed by atoms with Crippen LogP contribution in [0.3, 0.4) is 0 Å². The van der Waals surface area contributed by atoms with E-state index in [0.717, 1.165) is 0 Å². The molecule has 224 valence electrons. The fourth-order valence-corrected chi connectivity index (χ4v) is 4.26. The summed E-state index contributed by atoms with van der Waals surface area (Å²) in [5.41, 5.74) is 0.588. The van der Waals surface area contributed by atoms with E-state index in [2.05, 4.69) is 20.6 Å². The van der Waals surface area contributed by atoms with Gasteiger partial charge in [-0.1, -0.05) is 11.6 Å². The molecule has 13 nitrogen and oxygen atoms in total. The zero-order valence-corrected chi connectivity index (χ0v) is 24.6. The van der Waals surface area contributed by atoms with E-state index >= 15 is 0 Å². The number of ether oxygens (including phenoxy) is 4. The van der Waals surface area contributed by atoms with Crippen LogP contribution in [0.25, 0.3) is 10.9 Å². The van der Waals surface area contributed by atoms with E-state index in [-0.39, 0.29) is 58.5 Å². The number of fused-ring (bicyclic) bond motifs is 1. The highest BCUT2D eigenvalue weighted by molar-refractivity contribution is 6.33. The van der Waals surface area contributed by atoms with Gasteiger partial charge in [0.2, 0.25) is 5.28 Å². The quantitative estimate of drug-likeness (QED) is 0.184. The van der Waals surface area contributed by atoms with Gasteiger partial charge in [0.15, 0.2) is 18.2 Å². The highest BCUT2D eigenvalue weighted by Gasteiger charge is 2.20. The Hall–Kier alpha value is -4.88. The van der Waals surface area contributed by atoms with Crippen molar-refractivity contribution in [3.63, 3.8) is 0 Å². The number of hydrogen-bond acceptors (Lipinski definition) is 11. The van der Waals surface area contributed by atoms with Crippen molar-refractivity contribution >= 4 is 63.5 Å². The van der Waals surface area contributed by atoms with E-state index in [1.807, 2.05) is 0 Å². The van der Waals surface area contributed by atoms with Gasteiger partial charge in [0.25, 0.3) is 11.5 Å². The highest BCUT2D eigenvalue weighted by atomic mass is 35.5. The van der Waals surface area contributed by atoms with Gasteiger partial charge in [-0.2, -0.15) is 4.98 Å². The summed E-state index contributed by atoms with van der Waals surface area (Å²) in [6.45, 7) is -0.330. The van der Waals surface area contributed by atoms with Crippen LogP contribution in [-0.4, -0.2) is 66.9 Å². The molecule has 0 aliphatic carbocycles. The molecule has 0 unspecified atom stereocenters. The summed E-state index contributed by atoms with van der Waals surface area (Å²) in [4.78, 5) is 57.4. The molecule has 0 fully saturated rings. The molecule has 2 aromatic carbocycles. The maximum Gasteiger partial charge on any atom is 0.338 e. The third-order valence-corrected chi connectivity index (χ3v) is 6.52. The monoisotopic (exact) mass is 629 g/mol. The van der Waals surface area contributed by atoms with Crippen LogP contribution in [0, 0.1) is 0 Å². The summed E-state index contributed by atoms with van der Waals surface area (Å²) in [5.74, 6) is -1.40. The number of carbonyl (C=O) groups excluding carboxylic acids is 3. The van der Waals surface area contributed by atoms with E-state index in [1.54, 1.807) is 18.2 Å². The van der Waals surface area contributed by atoms with E-state index in [0.29, 0.717) is 16.6 Å². The average molecular weight is 630 g/mol. The number of methoxy groups -OCH3 is 2. The lowest BCUT2D eigenvalue weighted by molar-refractivity contribution is -0.122. The van der Waals surface area contributed by atoms with Crippen LogP contribution in [0.4, 0.5) is 11.5 Å². The van der Waals surface area contributed by atoms with E-state index < -0.39 is 23.4 Å². The molecular weight excluding hydrogens is 605 g/mol. The van der Waals surface area contributed by atoms with Gasteiger partial charge in [-0.3, -0.25) is 9.59 Å². The number of nitrogens with one attached hydrogen (secondary N) is 2. The Bertz CT molecular complexity index is 1760. The summed E-state index contributed by atoms with van der Waals surface area (Å²) >= 11 is 12.1. The number of rotatable bonds is 11. The van der Waals surface area contributed by atoms with E-state index in [9.17, 15) is 19.2 Å². The molecule has 4 rings (SSSR count). The van der Waals surface area contributed by atoms with Crippen molar-refractivity contribution in [1.29, 1.82) is 0 Å². The molecule has 43 heavy (non-hydrogen) atoms. The molecule has 0 saturated heterocycles. The van der Waals surface area contributed by atoms with Crippen LogP contribution >= 0.6 is 23.2 Å². The predicted molar refractivity (Wildman–Crippen MR) is 158 cm³/mol. The Morgan fingerprint density at radius 3 is 2.42 bits per heavy atom. The normalized spacial score (nSPS) is 10.6. The topological polar surface area (TPSA) is 160 Å². The minimum Gasteiger partial charge on any atom is -0.492 e. The van der Waals surface area contributed by atoms with Gasteiger partial charge in [0.1, 0.15) is 17.4 Å². The number of benzene rings is 2. The number of likely N-dealkylation sites (N-methyl/N-ethyl adjacent to an activating group) is 1. The van der Waals surface area contributed by atoms with Crippen LogP contribution in [0.5, 0.6) is 11.5 Å². The summed E-state index contributed by atoms with van der Waals surface area (Å²) in [6, 6.07) is 10.9. The number of carbonyl (C=O) groups is 3. The predicted octanol–water partition coefficient (Wildman–Crippen LogP) is 3.62. The molecule has 0 aliphatic rings. The van der Waals surface area contributed by atoms with Crippen molar-refractivity contribution in [3.05, 3.63) is 80.4 Å². The summed E-state index contributed by atoms with van der Waals surface area (Å²) in [6.07, 6.45) is 1.36. The molecule has 0 atom stereocenters. The van der Waals surface area contributed by atoms with Gasteiger partial charge in [-0.25, -0.2) is 14.6 Å². The first-order valence-electron chi connectivity index (χ1n) is 12.5. The second kappa shape index (κ2) is 13.9. The number of amides is 1. The molecule has 0 spiro atoms. The van der Waals surface area contributed by atoms with Gasteiger partial charge in [-0.05, 0) is 54.1 Å². The van der Waals surface area contributed by atoms with Crippen LogP contribution in [0.2, 0.25) is 10.3 Å². The minimum atomic E-state index is -0.746. The molecular formula is C28H25Cl2N5O8. The van der Waals surface area contributed by atoms with Crippen LogP contribution in [0.1, 0.15) is 20.7 Å². The molecule has 2 aromatic heterocycles. The first-order chi connectivity index (χ1) is 20.6. The molecule has 0 radical (unpaired) electrons. The van der Waals surface area contributed by atoms with Crippen LogP contribution in [0.15, 0.2) is 53.5 Å². The number of pyridine rings is 1. The maximum absolute atomic E-state index is 13.4. The van der Waals surface area contributed by atoms with Crippen molar-refractivity contribution < 1.29 is 33.3 Å². The summed E-state index contributed by atoms with van der Waals surface area (Å²) in [7, 11) is 3.83. The number of hydrogen-bond donors (Lipinski definition) is 2. The second-order valence-electron chi connectivity index (χ2n) is 8.70. The van der Waals surface area contributed by atoms with Crippen molar-refractivity contribution in [3.8, 4) is 11.5 Å². The van der Waals surface area contributed by atoms with Crippen LogP contribution in [-0.2, 0) is 20.8 Å². The zero-order chi connectivity index (χ0) is 31.1. The molecule has 1 amide bonds. The number of aromatic nitrogens is 3. The minimum absolute atomic E-state index is 0.00468. The molecule has 0 saturated carbocycles. The van der Waals surface area contributed by atoms with Gasteiger partial charge in [-0.15, -0.1) is 0 Å². The van der Waals surface area contributed by atoms with Crippen molar-refractivity contribution in [2.24, 2.45) is 0 Å². The lowest BCUT2D eigenvalue weighted by Gasteiger charge is -2.16. The molecule has 2 N–H and O–H groups in total. The largest absolute Gasteiger partial charge is 0.492 e. The highest BCUT2D eigenvalue weighted by Crippen LogP contribution is 2.27. The standard InChI is InChI=1S/C28H25Cl2N5O8/c1-31-23(36)14-43-22-11-15-10-16(33-24-20(29)13-32-28(30)34-24)4-7-21(15)35(25(22)37)8-9-42-17-5-6-18(26(38)40-2)19(12-17)27(39)41-3/h4-7,10-13H,8-9,14H2,1-3H3,(H,31,36)(H,32,33,34). The molecule has 0 aliphatic heterocycles. The Kier molecular flexibility index (Phi) is 10.0. The third kappa shape index (κ3) is 7.31. The molecule has 2 heterocycles.